The molecule has 5 heteroatoms. The van der Waals surface area contributed by atoms with Crippen LogP contribution in [0.25, 0.3) is 11.4 Å². The van der Waals surface area contributed by atoms with E-state index < -0.39 is 0 Å². The first-order chi connectivity index (χ1) is 8.20. The first-order valence-corrected chi connectivity index (χ1v) is 5.55. The summed E-state index contributed by atoms with van der Waals surface area (Å²) in [6, 6.07) is 4.14. The molecular weight excluding hydrogens is 241 g/mol. The van der Waals surface area contributed by atoms with E-state index in [4.69, 9.17) is 17.3 Å². The second-order valence-electron chi connectivity index (χ2n) is 3.58. The van der Waals surface area contributed by atoms with Crippen molar-refractivity contribution in [2.24, 2.45) is 5.73 Å². The van der Waals surface area contributed by atoms with Crippen molar-refractivity contribution in [1.82, 2.24) is 9.97 Å². The molecule has 0 aliphatic rings. The Kier molecular flexibility index (Phi) is 3.66. The Labute approximate surface area is 103 Å². The van der Waals surface area contributed by atoms with Gasteiger partial charge >= 0.3 is 0 Å². The first kappa shape index (κ1) is 12.0. The Morgan fingerprint density at radius 1 is 1.24 bits per heavy atom. The van der Waals surface area contributed by atoms with Gasteiger partial charge in [-0.3, -0.25) is 0 Å². The summed E-state index contributed by atoms with van der Waals surface area (Å²) in [7, 11) is 0. The van der Waals surface area contributed by atoms with Gasteiger partial charge in [-0.05, 0) is 36.7 Å². The quantitative estimate of drug-likeness (QED) is 0.912. The molecule has 1 aromatic heterocycles. The molecule has 2 N–H and O–H groups in total. The lowest BCUT2D eigenvalue weighted by atomic mass is 10.2. The van der Waals surface area contributed by atoms with Gasteiger partial charge in [0.2, 0.25) is 0 Å². The Morgan fingerprint density at radius 2 is 1.94 bits per heavy atom. The van der Waals surface area contributed by atoms with Crippen molar-refractivity contribution in [2.75, 3.05) is 6.54 Å². The molecule has 17 heavy (non-hydrogen) atoms. The van der Waals surface area contributed by atoms with E-state index in [0.717, 1.165) is 12.0 Å². The van der Waals surface area contributed by atoms with Crippen LogP contribution < -0.4 is 5.73 Å². The second kappa shape index (κ2) is 5.21. The first-order valence-electron chi connectivity index (χ1n) is 5.17. The maximum Gasteiger partial charge on any atom is 0.160 e. The molecule has 0 radical (unpaired) electrons. The number of hydrogen-bond acceptors (Lipinski definition) is 3. The van der Waals surface area contributed by atoms with Crippen molar-refractivity contribution in [3.63, 3.8) is 0 Å². The predicted octanol–water partition coefficient (Wildman–Crippen LogP) is 2.44. The van der Waals surface area contributed by atoms with Crippen LogP contribution in [-0.2, 0) is 6.42 Å². The molecule has 1 aromatic carbocycles. The van der Waals surface area contributed by atoms with Gasteiger partial charge in [0.25, 0.3) is 0 Å². The van der Waals surface area contributed by atoms with Gasteiger partial charge in [0.1, 0.15) is 5.82 Å². The second-order valence-corrected chi connectivity index (χ2v) is 3.98. The van der Waals surface area contributed by atoms with E-state index in [1.807, 2.05) is 0 Å². The lowest BCUT2D eigenvalue weighted by molar-refractivity contribution is 0.628. The highest BCUT2D eigenvalue weighted by Crippen LogP contribution is 2.25. The smallest absolute Gasteiger partial charge is 0.160 e. The molecule has 0 saturated carbocycles. The average Bonchev–Trinajstić information content (AvgIpc) is 2.31. The van der Waals surface area contributed by atoms with Crippen LogP contribution in [0.4, 0.5) is 4.39 Å². The van der Waals surface area contributed by atoms with E-state index in [-0.39, 0.29) is 5.82 Å². The van der Waals surface area contributed by atoms with Gasteiger partial charge in [-0.1, -0.05) is 11.6 Å². The van der Waals surface area contributed by atoms with Gasteiger partial charge in [0.15, 0.2) is 5.82 Å². The number of benzene rings is 1. The molecule has 0 fully saturated rings. The lowest BCUT2D eigenvalue weighted by Crippen LogP contribution is -2.03. The van der Waals surface area contributed by atoms with Gasteiger partial charge in [-0.25, -0.2) is 14.4 Å². The zero-order chi connectivity index (χ0) is 12.3. The van der Waals surface area contributed by atoms with Crippen molar-refractivity contribution in [1.29, 1.82) is 0 Å². The third-order valence-electron chi connectivity index (χ3n) is 2.31. The van der Waals surface area contributed by atoms with E-state index in [2.05, 4.69) is 9.97 Å². The van der Waals surface area contributed by atoms with Crippen molar-refractivity contribution < 1.29 is 4.39 Å². The topological polar surface area (TPSA) is 51.8 Å². The maximum absolute atomic E-state index is 12.9. The minimum atomic E-state index is -0.376. The van der Waals surface area contributed by atoms with Crippen LogP contribution in [0.3, 0.4) is 0 Å². The van der Waals surface area contributed by atoms with Gasteiger partial charge in [-0.2, -0.15) is 0 Å². The fraction of sp³-hybridized carbons (Fsp3) is 0.167. The molecule has 0 aliphatic heterocycles. The van der Waals surface area contributed by atoms with Crippen LogP contribution in [0, 0.1) is 5.82 Å². The van der Waals surface area contributed by atoms with Crippen LogP contribution >= 0.6 is 11.6 Å². The van der Waals surface area contributed by atoms with E-state index in [1.54, 1.807) is 18.5 Å². The molecule has 0 atom stereocenters. The number of nitrogens with two attached hydrogens (primary N) is 1. The zero-order valence-corrected chi connectivity index (χ0v) is 9.78. The van der Waals surface area contributed by atoms with E-state index in [0.29, 0.717) is 23.0 Å². The summed E-state index contributed by atoms with van der Waals surface area (Å²) >= 11 is 5.92. The van der Waals surface area contributed by atoms with Crippen LogP contribution in [0.2, 0.25) is 5.02 Å². The summed E-state index contributed by atoms with van der Waals surface area (Å²) in [4.78, 5) is 8.37. The van der Waals surface area contributed by atoms with Crippen molar-refractivity contribution in [2.45, 2.75) is 6.42 Å². The number of rotatable bonds is 3. The van der Waals surface area contributed by atoms with E-state index in [9.17, 15) is 4.39 Å². The molecule has 1 heterocycles. The Balaban J connectivity index is 2.33. The molecule has 3 nitrogen and oxygen atoms in total. The number of aromatic nitrogens is 2. The SMILES string of the molecule is NCCc1cnc(-c2ccc(F)cc2Cl)nc1. The van der Waals surface area contributed by atoms with Crippen LogP contribution in [0.5, 0.6) is 0 Å². The summed E-state index contributed by atoms with van der Waals surface area (Å²) in [6.07, 6.45) is 4.14. The third kappa shape index (κ3) is 2.78. The molecule has 0 aliphatic carbocycles. The van der Waals surface area contributed by atoms with Crippen LogP contribution in [0.1, 0.15) is 5.56 Å². The Morgan fingerprint density at radius 3 is 2.53 bits per heavy atom. The highest BCUT2D eigenvalue weighted by molar-refractivity contribution is 6.33. The summed E-state index contributed by atoms with van der Waals surface area (Å²) in [6.45, 7) is 0.556. The highest BCUT2D eigenvalue weighted by atomic mass is 35.5. The summed E-state index contributed by atoms with van der Waals surface area (Å²) in [5, 5.41) is 0.302. The van der Waals surface area contributed by atoms with Gasteiger partial charge in [-0.15, -0.1) is 0 Å². The average molecular weight is 252 g/mol. The molecule has 2 aromatic rings. The highest BCUT2D eigenvalue weighted by Gasteiger charge is 2.07. The molecule has 2 rings (SSSR count). The van der Waals surface area contributed by atoms with Crippen molar-refractivity contribution in [3.05, 3.63) is 47.0 Å². The summed E-state index contributed by atoms with van der Waals surface area (Å²) in [5.41, 5.74) is 7.02. The minimum Gasteiger partial charge on any atom is -0.330 e. The number of halogens is 2. The fourth-order valence-corrected chi connectivity index (χ4v) is 1.71. The molecule has 0 spiro atoms. The van der Waals surface area contributed by atoms with E-state index in [1.165, 1.54) is 12.1 Å². The molecule has 0 saturated heterocycles. The zero-order valence-electron chi connectivity index (χ0n) is 9.03. The minimum absolute atomic E-state index is 0.302. The van der Waals surface area contributed by atoms with Crippen LogP contribution in [0.15, 0.2) is 30.6 Å². The standard InChI is InChI=1S/C12H11ClFN3/c13-11-5-9(14)1-2-10(11)12-16-6-8(3-4-15)7-17-12/h1-2,5-7H,3-4,15H2. The van der Waals surface area contributed by atoms with Crippen molar-refractivity contribution >= 4 is 11.6 Å². The fourth-order valence-electron chi connectivity index (χ4n) is 1.46. The molecular formula is C12H11ClFN3. The Bertz CT molecular complexity index is 514. The normalized spacial score (nSPS) is 10.5. The monoisotopic (exact) mass is 251 g/mol. The Hall–Kier alpha value is -1.52. The largest absolute Gasteiger partial charge is 0.330 e. The number of hydrogen-bond donors (Lipinski definition) is 1. The molecule has 0 amide bonds. The molecule has 0 bridgehead atoms. The maximum atomic E-state index is 12.9. The third-order valence-corrected chi connectivity index (χ3v) is 2.62. The number of nitrogens with zero attached hydrogens (tertiary/aromatic N) is 2. The summed E-state index contributed by atoms with van der Waals surface area (Å²) in [5.74, 6) is 0.106. The van der Waals surface area contributed by atoms with Gasteiger partial charge in [0, 0.05) is 18.0 Å². The van der Waals surface area contributed by atoms with Gasteiger partial charge < -0.3 is 5.73 Å². The summed E-state index contributed by atoms with van der Waals surface area (Å²) < 4.78 is 12.9. The van der Waals surface area contributed by atoms with Gasteiger partial charge in [0.05, 0.1) is 5.02 Å². The van der Waals surface area contributed by atoms with Crippen LogP contribution in [-0.4, -0.2) is 16.5 Å². The predicted molar refractivity (Wildman–Crippen MR) is 65.2 cm³/mol. The molecule has 88 valence electrons. The molecule has 0 unspecified atom stereocenters. The van der Waals surface area contributed by atoms with E-state index >= 15 is 0 Å². The lowest BCUT2D eigenvalue weighted by Gasteiger charge is -2.04. The van der Waals surface area contributed by atoms with Crippen molar-refractivity contribution in [3.8, 4) is 11.4 Å².